The van der Waals surface area contributed by atoms with Crippen LogP contribution >= 0.6 is 11.3 Å². The Balaban J connectivity index is 2.12. The Kier molecular flexibility index (Phi) is 2.43. The normalized spacial score (nSPS) is 38.7. The lowest BCUT2D eigenvalue weighted by Crippen LogP contribution is -2.53. The minimum atomic E-state index is 0.713. The first kappa shape index (κ1) is 9.22. The van der Waals surface area contributed by atoms with Crippen LogP contribution in [0.15, 0.2) is 16.8 Å². The Morgan fingerprint density at radius 3 is 2.46 bits per heavy atom. The Hall–Kier alpha value is -0.340. The summed E-state index contributed by atoms with van der Waals surface area (Å²) in [4.78, 5) is 0. The summed E-state index contributed by atoms with van der Waals surface area (Å²) in [7, 11) is 2.07. The summed E-state index contributed by atoms with van der Waals surface area (Å²) in [6.07, 6.45) is 0. The molecule has 13 heavy (non-hydrogen) atoms. The van der Waals surface area contributed by atoms with Crippen molar-refractivity contribution in [3.05, 3.63) is 22.4 Å². The summed E-state index contributed by atoms with van der Waals surface area (Å²) in [5.41, 5.74) is 1.54. The summed E-state index contributed by atoms with van der Waals surface area (Å²) in [6.45, 7) is 4.70. The van der Waals surface area contributed by atoms with Gasteiger partial charge in [0.05, 0.1) is 0 Å². The van der Waals surface area contributed by atoms with Crippen molar-refractivity contribution in [3.63, 3.8) is 0 Å². The molecule has 0 spiro atoms. The van der Waals surface area contributed by atoms with Crippen LogP contribution in [0.2, 0.25) is 0 Å². The summed E-state index contributed by atoms with van der Waals surface area (Å²) in [6, 6.07) is 2.98. The van der Waals surface area contributed by atoms with E-state index in [0.717, 1.165) is 17.8 Å². The highest BCUT2D eigenvalue weighted by atomic mass is 32.1. The van der Waals surface area contributed by atoms with Gasteiger partial charge in [-0.1, -0.05) is 13.8 Å². The molecule has 1 aromatic rings. The summed E-state index contributed by atoms with van der Waals surface area (Å²) < 4.78 is 0. The summed E-state index contributed by atoms with van der Waals surface area (Å²) in [5, 5.41) is 7.87. The predicted octanol–water partition coefficient (Wildman–Crippen LogP) is 2.71. The molecule has 2 unspecified atom stereocenters. The topological polar surface area (TPSA) is 12.0 Å². The van der Waals surface area contributed by atoms with Gasteiger partial charge in [-0.3, -0.25) is 0 Å². The van der Waals surface area contributed by atoms with E-state index in [1.165, 1.54) is 5.56 Å². The van der Waals surface area contributed by atoms with Crippen LogP contribution in [0.4, 0.5) is 0 Å². The first-order chi connectivity index (χ1) is 6.25. The largest absolute Gasteiger partial charge is 0.316 e. The molecule has 0 bridgehead atoms. The number of hydrogen-bond acceptors (Lipinski definition) is 2. The first-order valence-electron chi connectivity index (χ1n) is 4.95. The van der Waals surface area contributed by atoms with Gasteiger partial charge in [-0.25, -0.2) is 0 Å². The van der Waals surface area contributed by atoms with E-state index in [1.54, 1.807) is 0 Å². The fourth-order valence-corrected chi connectivity index (χ4v) is 3.56. The first-order valence-corrected chi connectivity index (χ1v) is 5.89. The van der Waals surface area contributed by atoms with Crippen LogP contribution in [0.25, 0.3) is 0 Å². The van der Waals surface area contributed by atoms with Crippen molar-refractivity contribution >= 4 is 11.3 Å². The molecule has 2 rings (SSSR count). The van der Waals surface area contributed by atoms with Gasteiger partial charge in [0.2, 0.25) is 0 Å². The Bertz CT molecular complexity index is 258. The number of nitrogens with one attached hydrogen (secondary N) is 1. The minimum Gasteiger partial charge on any atom is -0.316 e. The molecule has 1 N–H and O–H groups in total. The lowest BCUT2D eigenvalue weighted by Gasteiger charge is -2.49. The highest BCUT2D eigenvalue weighted by Gasteiger charge is 2.44. The molecule has 1 saturated carbocycles. The van der Waals surface area contributed by atoms with Crippen LogP contribution in [-0.2, 0) is 0 Å². The van der Waals surface area contributed by atoms with Crippen LogP contribution in [0.5, 0.6) is 0 Å². The van der Waals surface area contributed by atoms with Crippen molar-refractivity contribution in [1.82, 2.24) is 5.32 Å². The molecule has 0 aliphatic heterocycles. The smallest absolute Gasteiger partial charge is 0.0127 e. The van der Waals surface area contributed by atoms with E-state index in [2.05, 4.69) is 43.0 Å². The van der Waals surface area contributed by atoms with Gasteiger partial charge in [0.25, 0.3) is 0 Å². The van der Waals surface area contributed by atoms with Gasteiger partial charge < -0.3 is 5.32 Å². The average molecular weight is 195 g/mol. The van der Waals surface area contributed by atoms with Crippen LogP contribution in [-0.4, -0.2) is 13.1 Å². The SMILES string of the molecule is CNC1C(C)C(c2ccsc2)C1C. The van der Waals surface area contributed by atoms with E-state index in [0.29, 0.717) is 6.04 Å². The van der Waals surface area contributed by atoms with E-state index < -0.39 is 0 Å². The third kappa shape index (κ3) is 1.32. The Morgan fingerprint density at radius 2 is 2.00 bits per heavy atom. The molecule has 2 atom stereocenters. The summed E-state index contributed by atoms with van der Waals surface area (Å²) >= 11 is 1.81. The van der Waals surface area contributed by atoms with Crippen LogP contribution in [0.1, 0.15) is 25.3 Å². The van der Waals surface area contributed by atoms with Crippen molar-refractivity contribution in [1.29, 1.82) is 0 Å². The molecular formula is C11H17NS. The van der Waals surface area contributed by atoms with Gasteiger partial charge in [-0.15, -0.1) is 0 Å². The predicted molar refractivity (Wildman–Crippen MR) is 58.2 cm³/mol. The van der Waals surface area contributed by atoms with Crippen molar-refractivity contribution < 1.29 is 0 Å². The number of rotatable bonds is 2. The van der Waals surface area contributed by atoms with Crippen LogP contribution < -0.4 is 5.32 Å². The van der Waals surface area contributed by atoms with E-state index >= 15 is 0 Å². The zero-order chi connectivity index (χ0) is 9.42. The second kappa shape index (κ2) is 3.43. The van der Waals surface area contributed by atoms with Crippen molar-refractivity contribution in [3.8, 4) is 0 Å². The molecular weight excluding hydrogens is 178 g/mol. The molecule has 1 aromatic heterocycles. The molecule has 1 fully saturated rings. The highest BCUT2D eigenvalue weighted by molar-refractivity contribution is 7.07. The van der Waals surface area contributed by atoms with Crippen molar-refractivity contribution in [2.45, 2.75) is 25.8 Å². The van der Waals surface area contributed by atoms with E-state index in [1.807, 2.05) is 11.3 Å². The van der Waals surface area contributed by atoms with Gasteiger partial charge in [0.15, 0.2) is 0 Å². The standard InChI is InChI=1S/C11H17NS/c1-7-10(8(2)11(7)12-3)9-4-5-13-6-9/h4-8,10-12H,1-3H3. The lowest BCUT2D eigenvalue weighted by molar-refractivity contribution is 0.104. The van der Waals surface area contributed by atoms with Crippen molar-refractivity contribution in [2.24, 2.45) is 11.8 Å². The van der Waals surface area contributed by atoms with Crippen molar-refractivity contribution in [2.75, 3.05) is 7.05 Å². The molecule has 0 aromatic carbocycles. The number of thiophene rings is 1. The molecule has 1 aliphatic rings. The maximum absolute atomic E-state index is 3.40. The highest BCUT2D eigenvalue weighted by Crippen LogP contribution is 2.47. The van der Waals surface area contributed by atoms with E-state index in [-0.39, 0.29) is 0 Å². The molecule has 0 radical (unpaired) electrons. The second-order valence-corrected chi connectivity index (χ2v) is 4.90. The van der Waals surface area contributed by atoms with Gasteiger partial charge in [0.1, 0.15) is 0 Å². The minimum absolute atomic E-state index is 0.713. The van der Waals surface area contributed by atoms with Gasteiger partial charge in [0, 0.05) is 6.04 Å². The molecule has 1 nitrogen and oxygen atoms in total. The lowest BCUT2D eigenvalue weighted by atomic mass is 9.60. The molecule has 0 amide bonds. The molecule has 0 saturated heterocycles. The monoisotopic (exact) mass is 195 g/mol. The third-order valence-electron chi connectivity index (χ3n) is 3.53. The molecule has 72 valence electrons. The van der Waals surface area contributed by atoms with E-state index in [9.17, 15) is 0 Å². The van der Waals surface area contributed by atoms with Crippen LogP contribution in [0, 0.1) is 11.8 Å². The fraction of sp³-hybridized carbons (Fsp3) is 0.636. The van der Waals surface area contributed by atoms with Gasteiger partial charge in [-0.05, 0) is 47.2 Å². The fourth-order valence-electron chi connectivity index (χ4n) is 2.86. The Labute approximate surface area is 84.2 Å². The molecule has 1 heterocycles. The quantitative estimate of drug-likeness (QED) is 0.765. The third-order valence-corrected chi connectivity index (χ3v) is 4.23. The van der Waals surface area contributed by atoms with E-state index in [4.69, 9.17) is 0 Å². The number of hydrogen-bond donors (Lipinski definition) is 1. The Morgan fingerprint density at radius 1 is 1.31 bits per heavy atom. The van der Waals surface area contributed by atoms with Crippen LogP contribution in [0.3, 0.4) is 0 Å². The molecule has 2 heteroatoms. The van der Waals surface area contributed by atoms with Gasteiger partial charge >= 0.3 is 0 Å². The maximum Gasteiger partial charge on any atom is 0.0127 e. The van der Waals surface area contributed by atoms with Gasteiger partial charge in [-0.2, -0.15) is 11.3 Å². The molecule has 1 aliphatic carbocycles. The maximum atomic E-state index is 3.40. The zero-order valence-corrected chi connectivity index (χ0v) is 9.27. The average Bonchev–Trinajstić information content (AvgIpc) is 2.58. The zero-order valence-electron chi connectivity index (χ0n) is 8.45. The second-order valence-electron chi connectivity index (χ2n) is 4.12. The summed E-state index contributed by atoms with van der Waals surface area (Å²) in [5.74, 6) is 2.35.